The number of methoxy groups -OCH3 is 1. The van der Waals surface area contributed by atoms with Gasteiger partial charge in [-0.05, 0) is 17.7 Å². The van der Waals surface area contributed by atoms with Gasteiger partial charge >= 0.3 is 0 Å². The molecule has 1 amide bonds. The summed E-state index contributed by atoms with van der Waals surface area (Å²) in [7, 11) is 1.62. The molecule has 144 valence electrons. The van der Waals surface area contributed by atoms with Gasteiger partial charge in [0.05, 0.1) is 24.3 Å². The molecule has 0 N–H and O–H groups in total. The van der Waals surface area contributed by atoms with E-state index in [1.165, 1.54) is 5.56 Å². The van der Waals surface area contributed by atoms with Crippen LogP contribution in [0, 0.1) is 0 Å². The normalized spacial score (nSPS) is 14.0. The maximum Gasteiger partial charge on any atom is 0.233 e. The van der Waals surface area contributed by atoms with Crippen molar-refractivity contribution >= 4 is 17.7 Å². The average molecular weight is 395 g/mol. The van der Waals surface area contributed by atoms with Gasteiger partial charge in [-0.1, -0.05) is 47.6 Å². The van der Waals surface area contributed by atoms with Crippen LogP contribution in [0.1, 0.15) is 17.4 Å². The highest BCUT2D eigenvalue weighted by Gasteiger charge is 2.35. The van der Waals surface area contributed by atoms with Crippen molar-refractivity contribution in [3.8, 4) is 17.1 Å². The van der Waals surface area contributed by atoms with E-state index in [2.05, 4.69) is 22.3 Å². The van der Waals surface area contributed by atoms with Gasteiger partial charge in [0.15, 0.2) is 0 Å². The van der Waals surface area contributed by atoms with Gasteiger partial charge in [-0.2, -0.15) is 4.98 Å². The molecule has 0 saturated carbocycles. The maximum absolute atomic E-state index is 12.3. The molecule has 2 aromatic carbocycles. The molecular formula is C21H21N3O3S. The largest absolute Gasteiger partial charge is 0.496 e. The van der Waals surface area contributed by atoms with Gasteiger partial charge in [0.2, 0.25) is 17.6 Å². The number of hydrogen-bond acceptors (Lipinski definition) is 6. The summed E-state index contributed by atoms with van der Waals surface area (Å²) >= 11 is 1.64. The lowest BCUT2D eigenvalue weighted by molar-refractivity contribution is -0.133. The predicted molar refractivity (Wildman–Crippen MR) is 108 cm³/mol. The second-order valence-corrected chi connectivity index (χ2v) is 7.62. The molecule has 28 heavy (non-hydrogen) atoms. The summed E-state index contributed by atoms with van der Waals surface area (Å²) in [6.45, 7) is 1.25. The van der Waals surface area contributed by atoms with Crippen molar-refractivity contribution in [3.63, 3.8) is 0 Å². The van der Waals surface area contributed by atoms with Gasteiger partial charge in [-0.15, -0.1) is 11.8 Å². The number of thioether (sulfide) groups is 1. The molecule has 3 aromatic rings. The molecule has 7 heteroatoms. The van der Waals surface area contributed by atoms with E-state index < -0.39 is 0 Å². The lowest BCUT2D eigenvalue weighted by Crippen LogP contribution is -2.49. The van der Waals surface area contributed by atoms with Crippen LogP contribution >= 0.6 is 11.8 Å². The lowest BCUT2D eigenvalue weighted by Gasteiger charge is -2.37. The Bertz CT molecular complexity index is 939. The highest BCUT2D eigenvalue weighted by atomic mass is 32.2. The fourth-order valence-corrected chi connectivity index (χ4v) is 3.99. The monoisotopic (exact) mass is 395 g/mol. The van der Waals surface area contributed by atoms with Crippen molar-refractivity contribution < 1.29 is 14.1 Å². The molecule has 4 rings (SSSR count). The number of rotatable bonds is 7. The Kier molecular flexibility index (Phi) is 5.62. The summed E-state index contributed by atoms with van der Waals surface area (Å²) in [5.41, 5.74) is 2.03. The Morgan fingerprint density at radius 3 is 2.71 bits per heavy atom. The first-order valence-corrected chi connectivity index (χ1v) is 10.3. The third-order valence-corrected chi connectivity index (χ3v) is 5.70. The number of hydrogen-bond donors (Lipinski definition) is 0. The van der Waals surface area contributed by atoms with E-state index in [0.29, 0.717) is 36.3 Å². The molecule has 1 aromatic heterocycles. The van der Waals surface area contributed by atoms with Crippen molar-refractivity contribution in [2.24, 2.45) is 0 Å². The molecule has 0 unspecified atom stereocenters. The zero-order valence-corrected chi connectivity index (χ0v) is 16.4. The minimum absolute atomic E-state index is 0.0963. The molecule has 1 saturated heterocycles. The Labute approximate surface area is 167 Å². The van der Waals surface area contributed by atoms with Crippen molar-refractivity contribution in [3.05, 3.63) is 66.1 Å². The first-order valence-electron chi connectivity index (χ1n) is 9.11. The molecule has 2 heterocycles. The second kappa shape index (κ2) is 8.48. The number of amides is 1. The van der Waals surface area contributed by atoms with Crippen LogP contribution in [0.15, 0.2) is 59.1 Å². The zero-order valence-electron chi connectivity index (χ0n) is 15.6. The van der Waals surface area contributed by atoms with Gasteiger partial charge in [0.1, 0.15) is 5.75 Å². The van der Waals surface area contributed by atoms with Crippen LogP contribution in [0.25, 0.3) is 11.4 Å². The van der Waals surface area contributed by atoms with Gasteiger partial charge in [-0.3, -0.25) is 4.79 Å². The Balaban J connectivity index is 1.28. The summed E-state index contributed by atoms with van der Waals surface area (Å²) in [5.74, 6) is 3.36. The summed E-state index contributed by atoms with van der Waals surface area (Å²) in [5, 5.41) is 4.08. The molecule has 1 fully saturated rings. The number of benzene rings is 2. The van der Waals surface area contributed by atoms with E-state index in [1.807, 2.05) is 47.4 Å². The molecule has 1 aliphatic heterocycles. The summed E-state index contributed by atoms with van der Waals surface area (Å²) in [6.07, 6.45) is 0. The number of para-hydroxylation sites is 1. The minimum Gasteiger partial charge on any atom is -0.496 e. The quantitative estimate of drug-likeness (QED) is 0.609. The molecule has 6 nitrogen and oxygen atoms in total. The highest BCUT2D eigenvalue weighted by Crippen LogP contribution is 2.31. The fraction of sp³-hybridized carbons (Fsp3) is 0.286. The molecule has 0 aliphatic carbocycles. The third kappa shape index (κ3) is 4.04. The van der Waals surface area contributed by atoms with Crippen LogP contribution in [-0.2, 0) is 10.5 Å². The van der Waals surface area contributed by atoms with Gasteiger partial charge < -0.3 is 14.2 Å². The van der Waals surface area contributed by atoms with Crippen molar-refractivity contribution in [2.75, 3.05) is 26.0 Å². The molecule has 0 bridgehead atoms. The highest BCUT2D eigenvalue weighted by molar-refractivity contribution is 7.99. The second-order valence-electron chi connectivity index (χ2n) is 6.63. The molecule has 0 spiro atoms. The Morgan fingerprint density at radius 2 is 1.93 bits per heavy atom. The van der Waals surface area contributed by atoms with E-state index >= 15 is 0 Å². The van der Waals surface area contributed by atoms with E-state index in [0.717, 1.165) is 11.3 Å². The summed E-state index contributed by atoms with van der Waals surface area (Å²) in [6, 6.07) is 17.7. The molecule has 0 atom stereocenters. The molecular weight excluding hydrogens is 374 g/mol. The topological polar surface area (TPSA) is 68.5 Å². The Morgan fingerprint density at radius 1 is 1.18 bits per heavy atom. The number of nitrogens with zero attached hydrogens (tertiary/aromatic N) is 3. The van der Waals surface area contributed by atoms with Gasteiger partial charge in [-0.25, -0.2) is 0 Å². The first-order chi connectivity index (χ1) is 13.7. The Hall–Kier alpha value is -2.80. The van der Waals surface area contributed by atoms with Crippen LogP contribution in [-0.4, -0.2) is 46.9 Å². The number of ether oxygens (including phenoxy) is 1. The smallest absolute Gasteiger partial charge is 0.233 e. The lowest BCUT2D eigenvalue weighted by atomic mass is 10.0. The van der Waals surface area contributed by atoms with Crippen molar-refractivity contribution in [1.82, 2.24) is 15.0 Å². The zero-order chi connectivity index (χ0) is 19.3. The number of likely N-dealkylation sites (tertiary alicyclic amines) is 1. The van der Waals surface area contributed by atoms with E-state index in [1.54, 1.807) is 18.9 Å². The average Bonchev–Trinajstić information content (AvgIpc) is 3.17. The number of carbonyl (C=O) groups is 1. The molecule has 1 aliphatic rings. The van der Waals surface area contributed by atoms with Crippen molar-refractivity contribution in [2.45, 2.75) is 11.7 Å². The molecule has 0 radical (unpaired) electrons. The first kappa shape index (κ1) is 18.6. The standard InChI is InChI=1S/C21H21N3O3S/c1-26-18-10-6-5-9-17(18)20-22-21(27-23-20)16-11-24(12-16)19(25)14-28-13-15-7-3-2-4-8-15/h2-10,16H,11-14H2,1H3. The summed E-state index contributed by atoms with van der Waals surface area (Å²) in [4.78, 5) is 18.7. The van der Waals surface area contributed by atoms with E-state index in [9.17, 15) is 4.79 Å². The fourth-order valence-electron chi connectivity index (χ4n) is 3.10. The predicted octanol–water partition coefficient (Wildman–Crippen LogP) is 3.60. The van der Waals surface area contributed by atoms with Crippen molar-refractivity contribution in [1.29, 1.82) is 0 Å². The van der Waals surface area contributed by atoms with Crippen LogP contribution in [0.4, 0.5) is 0 Å². The van der Waals surface area contributed by atoms with Gasteiger partial charge in [0, 0.05) is 18.8 Å². The summed E-state index contributed by atoms with van der Waals surface area (Å²) < 4.78 is 10.8. The van der Waals surface area contributed by atoms with Crippen LogP contribution in [0.3, 0.4) is 0 Å². The van der Waals surface area contributed by atoms with Crippen LogP contribution in [0.2, 0.25) is 0 Å². The van der Waals surface area contributed by atoms with Crippen LogP contribution in [0.5, 0.6) is 5.75 Å². The SMILES string of the molecule is COc1ccccc1-c1noc(C2CN(C(=O)CSCc3ccccc3)C2)n1. The van der Waals surface area contributed by atoms with E-state index in [-0.39, 0.29) is 11.8 Å². The van der Waals surface area contributed by atoms with Crippen LogP contribution < -0.4 is 4.74 Å². The number of carbonyl (C=O) groups excluding carboxylic acids is 1. The number of aromatic nitrogens is 2. The van der Waals surface area contributed by atoms with Gasteiger partial charge in [0.25, 0.3) is 0 Å². The minimum atomic E-state index is 0.0963. The van der Waals surface area contributed by atoms with E-state index in [4.69, 9.17) is 9.26 Å². The third-order valence-electron chi connectivity index (χ3n) is 4.71. The maximum atomic E-state index is 12.3.